The zero-order valence-corrected chi connectivity index (χ0v) is 11.6. The molecule has 2 aromatic carbocycles. The van der Waals surface area contributed by atoms with Gasteiger partial charge in [0.1, 0.15) is 28.6 Å². The third kappa shape index (κ3) is 2.14. The quantitative estimate of drug-likeness (QED) is 0.640. The number of phenols is 3. The molecular formula is C16H14O6. The second-order valence-electron chi connectivity index (χ2n) is 5.23. The number of Topliss-reactive ketones (excluding diaryl/α,β-unsaturated/α-hetero) is 1. The van der Waals surface area contributed by atoms with Crippen LogP contribution in [0.1, 0.15) is 27.6 Å². The molecule has 0 amide bonds. The van der Waals surface area contributed by atoms with Crippen LogP contribution in [0.5, 0.6) is 23.0 Å². The van der Waals surface area contributed by atoms with Crippen LogP contribution in [-0.2, 0) is 0 Å². The molecule has 22 heavy (non-hydrogen) atoms. The van der Waals surface area contributed by atoms with Crippen LogP contribution in [0, 0.1) is 6.92 Å². The largest absolute Gasteiger partial charge is 0.508 e. The minimum atomic E-state index is -1.52. The van der Waals surface area contributed by atoms with Gasteiger partial charge in [-0.05, 0) is 24.1 Å². The number of carbonyl (C=O) groups excluding carboxylic acids is 1. The van der Waals surface area contributed by atoms with Crippen LogP contribution in [-0.4, -0.2) is 32.3 Å². The Labute approximate surface area is 125 Å². The van der Waals surface area contributed by atoms with Gasteiger partial charge in [-0.25, -0.2) is 0 Å². The van der Waals surface area contributed by atoms with Crippen molar-refractivity contribution in [2.45, 2.75) is 19.1 Å². The number of benzene rings is 2. The minimum Gasteiger partial charge on any atom is -0.508 e. The fourth-order valence-electron chi connectivity index (χ4n) is 2.47. The number of aromatic hydroxyl groups is 3. The molecule has 6 nitrogen and oxygen atoms in total. The summed E-state index contributed by atoms with van der Waals surface area (Å²) in [6.07, 6.45) is -2.56. The van der Waals surface area contributed by atoms with Crippen molar-refractivity contribution in [3.8, 4) is 23.0 Å². The standard InChI is InChI=1S/C16H14O6/c1-7-2-3-8(4-10(7)18)16-15(21)14(20)13-11(19)5-9(17)6-12(13)22-16/h2-6,15-19,21H,1H3/t15-,16+/m1/s1. The Morgan fingerprint density at radius 1 is 1.05 bits per heavy atom. The molecule has 0 aliphatic carbocycles. The number of hydrogen-bond donors (Lipinski definition) is 4. The maximum atomic E-state index is 12.3. The monoisotopic (exact) mass is 302 g/mol. The van der Waals surface area contributed by atoms with E-state index in [1.807, 2.05) is 0 Å². The lowest BCUT2D eigenvalue weighted by Crippen LogP contribution is -2.36. The molecule has 0 aromatic heterocycles. The van der Waals surface area contributed by atoms with Gasteiger partial charge in [0.2, 0.25) is 5.78 Å². The van der Waals surface area contributed by atoms with Crippen molar-refractivity contribution >= 4 is 5.78 Å². The van der Waals surface area contributed by atoms with Gasteiger partial charge >= 0.3 is 0 Å². The molecule has 4 N–H and O–H groups in total. The second kappa shape index (κ2) is 4.92. The summed E-state index contributed by atoms with van der Waals surface area (Å²) in [6.45, 7) is 1.72. The van der Waals surface area contributed by atoms with Gasteiger partial charge in [0.05, 0.1) is 0 Å². The van der Waals surface area contributed by atoms with Crippen molar-refractivity contribution in [2.75, 3.05) is 0 Å². The number of carbonyl (C=O) groups is 1. The highest BCUT2D eigenvalue weighted by molar-refractivity contribution is 6.05. The van der Waals surface area contributed by atoms with E-state index in [0.29, 0.717) is 11.1 Å². The number of aliphatic hydroxyl groups excluding tert-OH is 1. The third-order valence-corrected chi connectivity index (χ3v) is 3.68. The zero-order chi connectivity index (χ0) is 16.0. The normalized spacial score (nSPS) is 20.4. The first-order valence-corrected chi connectivity index (χ1v) is 6.63. The van der Waals surface area contributed by atoms with Crippen LogP contribution in [0.25, 0.3) is 0 Å². The molecule has 2 aromatic rings. The second-order valence-corrected chi connectivity index (χ2v) is 5.23. The number of ether oxygens (including phenoxy) is 1. The number of hydrogen-bond acceptors (Lipinski definition) is 6. The van der Waals surface area contributed by atoms with E-state index in [0.717, 1.165) is 6.07 Å². The molecule has 114 valence electrons. The smallest absolute Gasteiger partial charge is 0.202 e. The number of aliphatic hydroxyl groups is 1. The van der Waals surface area contributed by atoms with Crippen LogP contribution in [0.2, 0.25) is 0 Å². The van der Waals surface area contributed by atoms with Gasteiger partial charge in [0, 0.05) is 12.1 Å². The van der Waals surface area contributed by atoms with Gasteiger partial charge in [-0.3, -0.25) is 4.79 Å². The summed E-state index contributed by atoms with van der Waals surface area (Å²) in [7, 11) is 0. The Balaban J connectivity index is 2.08. The highest BCUT2D eigenvalue weighted by atomic mass is 16.5. The summed E-state index contributed by atoms with van der Waals surface area (Å²) in [4.78, 5) is 12.3. The highest BCUT2D eigenvalue weighted by Gasteiger charge is 2.39. The molecule has 3 rings (SSSR count). The molecule has 0 saturated heterocycles. The number of aryl methyl sites for hydroxylation is 1. The van der Waals surface area contributed by atoms with E-state index in [1.54, 1.807) is 19.1 Å². The van der Waals surface area contributed by atoms with E-state index < -0.39 is 23.7 Å². The molecule has 0 radical (unpaired) electrons. The number of rotatable bonds is 1. The molecule has 1 heterocycles. The van der Waals surface area contributed by atoms with E-state index in [4.69, 9.17) is 4.74 Å². The van der Waals surface area contributed by atoms with Crippen molar-refractivity contribution in [3.05, 3.63) is 47.0 Å². The maximum Gasteiger partial charge on any atom is 0.202 e. The van der Waals surface area contributed by atoms with E-state index >= 15 is 0 Å². The molecule has 0 fully saturated rings. The summed E-state index contributed by atoms with van der Waals surface area (Å²) < 4.78 is 5.56. The van der Waals surface area contributed by atoms with Crippen LogP contribution < -0.4 is 4.74 Å². The zero-order valence-electron chi connectivity index (χ0n) is 11.6. The highest BCUT2D eigenvalue weighted by Crippen LogP contribution is 2.42. The van der Waals surface area contributed by atoms with Crippen LogP contribution in [0.4, 0.5) is 0 Å². The maximum absolute atomic E-state index is 12.3. The van der Waals surface area contributed by atoms with Crippen molar-refractivity contribution < 1.29 is 30.0 Å². The summed E-state index contributed by atoms with van der Waals surface area (Å²) in [5.41, 5.74) is 0.895. The van der Waals surface area contributed by atoms with Crippen molar-refractivity contribution in [1.82, 2.24) is 0 Å². The number of fused-ring (bicyclic) bond motifs is 1. The predicted octanol–water partition coefficient (Wildman–Crippen LogP) is 1.79. The molecule has 6 heteroatoms. The van der Waals surface area contributed by atoms with Gasteiger partial charge in [0.25, 0.3) is 0 Å². The third-order valence-electron chi connectivity index (χ3n) is 3.68. The van der Waals surface area contributed by atoms with Gasteiger partial charge in [-0.2, -0.15) is 0 Å². The Morgan fingerprint density at radius 3 is 2.45 bits per heavy atom. The summed E-state index contributed by atoms with van der Waals surface area (Å²) >= 11 is 0. The lowest BCUT2D eigenvalue weighted by molar-refractivity contribution is 0.0210. The van der Waals surface area contributed by atoms with Crippen molar-refractivity contribution in [1.29, 1.82) is 0 Å². The molecule has 1 aliphatic heterocycles. The minimum absolute atomic E-state index is 0.0159. The number of phenolic OH excluding ortho intramolecular Hbond substituents is 3. The first-order valence-electron chi connectivity index (χ1n) is 6.63. The van der Waals surface area contributed by atoms with Crippen molar-refractivity contribution in [3.63, 3.8) is 0 Å². The molecule has 0 unspecified atom stereocenters. The van der Waals surface area contributed by atoms with Gasteiger partial charge < -0.3 is 25.2 Å². The van der Waals surface area contributed by atoms with E-state index in [9.17, 15) is 25.2 Å². The Hall–Kier alpha value is -2.73. The van der Waals surface area contributed by atoms with Gasteiger partial charge in [-0.1, -0.05) is 12.1 Å². The fourth-order valence-corrected chi connectivity index (χ4v) is 2.47. The van der Waals surface area contributed by atoms with E-state index in [1.165, 1.54) is 12.1 Å². The lowest BCUT2D eigenvalue weighted by Gasteiger charge is -2.30. The Kier molecular flexibility index (Phi) is 3.18. The van der Waals surface area contributed by atoms with Crippen LogP contribution in [0.3, 0.4) is 0 Å². The van der Waals surface area contributed by atoms with Crippen LogP contribution >= 0.6 is 0 Å². The molecule has 1 aliphatic rings. The molecule has 2 atom stereocenters. The molecule has 0 spiro atoms. The molecule has 0 saturated carbocycles. The number of ketones is 1. The van der Waals surface area contributed by atoms with Gasteiger partial charge in [-0.15, -0.1) is 0 Å². The first-order chi connectivity index (χ1) is 10.4. The first kappa shape index (κ1) is 14.2. The van der Waals surface area contributed by atoms with E-state index in [-0.39, 0.29) is 22.8 Å². The topological polar surface area (TPSA) is 107 Å². The Bertz CT molecular complexity index is 767. The fraction of sp³-hybridized carbons (Fsp3) is 0.188. The van der Waals surface area contributed by atoms with E-state index in [2.05, 4.69) is 0 Å². The summed E-state index contributed by atoms with van der Waals surface area (Å²) in [5.74, 6) is -1.41. The van der Waals surface area contributed by atoms with Crippen molar-refractivity contribution in [2.24, 2.45) is 0 Å². The van der Waals surface area contributed by atoms with Gasteiger partial charge in [0.15, 0.2) is 12.2 Å². The summed E-state index contributed by atoms with van der Waals surface area (Å²) in [6, 6.07) is 6.87. The lowest BCUT2D eigenvalue weighted by atomic mass is 9.92. The average Bonchev–Trinajstić information content (AvgIpc) is 2.45. The van der Waals surface area contributed by atoms with Crippen LogP contribution in [0.15, 0.2) is 30.3 Å². The predicted molar refractivity (Wildman–Crippen MR) is 76.3 cm³/mol. The molecule has 0 bridgehead atoms. The SMILES string of the molecule is Cc1ccc([C@@H]2Oc3cc(O)cc(O)c3C(=O)[C@H]2O)cc1O. The Morgan fingerprint density at radius 2 is 1.77 bits per heavy atom. The average molecular weight is 302 g/mol. The molecular weight excluding hydrogens is 288 g/mol. The summed E-state index contributed by atoms with van der Waals surface area (Å²) in [5, 5.41) is 39.2.